The quantitative estimate of drug-likeness (QED) is 0.0456. The molecular weight excluding hydrogens is 659 g/mol. The Hall–Kier alpha value is -0.640. The molecule has 1 unspecified atom stereocenters. The highest BCUT2D eigenvalue weighted by atomic mass is 16.5. The molecular formula is C51H101NO2. The number of hydrogen-bond donors (Lipinski definition) is 0. The number of ether oxygens (including phenoxy) is 2. The average molecular weight is 760 g/mol. The van der Waals surface area contributed by atoms with E-state index in [9.17, 15) is 0 Å². The summed E-state index contributed by atoms with van der Waals surface area (Å²) in [7, 11) is 0. The van der Waals surface area contributed by atoms with Gasteiger partial charge in [0.1, 0.15) is 0 Å². The first-order chi connectivity index (χ1) is 26.5. The summed E-state index contributed by atoms with van der Waals surface area (Å²) in [6.45, 7) is 18.7. The molecule has 0 aromatic carbocycles. The Morgan fingerprint density at radius 1 is 0.407 bits per heavy atom. The molecule has 1 atom stereocenters. The largest absolute Gasteiger partial charge is 0.379 e. The smallest absolute Gasteiger partial charge is 0.0935 e. The van der Waals surface area contributed by atoms with E-state index < -0.39 is 0 Å². The van der Waals surface area contributed by atoms with Gasteiger partial charge in [0.25, 0.3) is 0 Å². The second-order valence-electron chi connectivity index (χ2n) is 17.8. The number of hydrogen-bond acceptors (Lipinski definition) is 3. The van der Waals surface area contributed by atoms with Crippen LogP contribution in [0.5, 0.6) is 0 Å². The van der Waals surface area contributed by atoms with Crippen LogP contribution in [-0.2, 0) is 9.47 Å². The molecule has 0 spiro atoms. The first kappa shape index (κ1) is 53.4. The van der Waals surface area contributed by atoms with E-state index in [2.05, 4.69) is 70.7 Å². The molecule has 3 heteroatoms. The molecule has 0 heterocycles. The average Bonchev–Trinajstić information content (AvgIpc) is 3.15. The Morgan fingerprint density at radius 3 is 1.13 bits per heavy atom. The van der Waals surface area contributed by atoms with Crippen LogP contribution in [0.2, 0.25) is 0 Å². The Labute approximate surface area is 342 Å². The maximum Gasteiger partial charge on any atom is 0.0935 e. The van der Waals surface area contributed by atoms with Crippen LogP contribution >= 0.6 is 0 Å². The zero-order valence-corrected chi connectivity index (χ0v) is 38.2. The number of allylic oxidation sites excluding steroid dienone is 4. The van der Waals surface area contributed by atoms with E-state index in [0.717, 1.165) is 26.4 Å². The van der Waals surface area contributed by atoms with Gasteiger partial charge in [-0.3, -0.25) is 4.90 Å². The highest BCUT2D eigenvalue weighted by Gasteiger charge is 2.24. The summed E-state index contributed by atoms with van der Waals surface area (Å²) in [5.74, 6) is 0. The lowest BCUT2D eigenvalue weighted by Crippen LogP contribution is -2.47. The molecule has 0 bridgehead atoms. The monoisotopic (exact) mass is 760 g/mol. The van der Waals surface area contributed by atoms with E-state index in [4.69, 9.17) is 9.47 Å². The lowest BCUT2D eigenvalue weighted by molar-refractivity contribution is -0.0469. The van der Waals surface area contributed by atoms with Crippen molar-refractivity contribution in [2.24, 2.45) is 0 Å². The maximum atomic E-state index is 6.60. The van der Waals surface area contributed by atoms with Crippen molar-refractivity contribution in [1.82, 2.24) is 4.90 Å². The van der Waals surface area contributed by atoms with Crippen molar-refractivity contribution in [3.8, 4) is 0 Å². The second kappa shape index (κ2) is 43.5. The second-order valence-corrected chi connectivity index (χ2v) is 17.8. The third kappa shape index (κ3) is 41.0. The van der Waals surface area contributed by atoms with Crippen LogP contribution in [-0.4, -0.2) is 49.5 Å². The molecule has 0 aliphatic heterocycles. The summed E-state index contributed by atoms with van der Waals surface area (Å²) in [5, 5.41) is 0. The van der Waals surface area contributed by atoms with E-state index in [-0.39, 0.29) is 11.6 Å². The molecule has 0 aliphatic carbocycles. The molecule has 0 rings (SSSR count). The minimum Gasteiger partial charge on any atom is -0.379 e. The highest BCUT2D eigenvalue weighted by molar-refractivity contribution is 4.82. The summed E-state index contributed by atoms with van der Waals surface area (Å²) >= 11 is 0. The Bertz CT molecular complexity index is 755. The van der Waals surface area contributed by atoms with Gasteiger partial charge in [-0.05, 0) is 97.9 Å². The molecule has 0 aromatic rings. The SMILES string of the molecule is CCCCCCCC/C=C\CCCCCCCCOCC(CN(CCCCCCCC)C(C)(C)C)OCCCCCCCC/C=C\CCCCCCCC. The fraction of sp³-hybridized carbons (Fsp3) is 0.922. The summed E-state index contributed by atoms with van der Waals surface area (Å²) in [5.41, 5.74) is 0.151. The number of rotatable bonds is 44. The lowest BCUT2D eigenvalue weighted by Gasteiger charge is -2.38. The van der Waals surface area contributed by atoms with Gasteiger partial charge in [0, 0.05) is 25.3 Å². The first-order valence-corrected chi connectivity index (χ1v) is 24.7. The van der Waals surface area contributed by atoms with E-state index in [0.29, 0.717) is 0 Å². The Balaban J connectivity index is 4.30. The summed E-state index contributed by atoms with van der Waals surface area (Å²) in [4.78, 5) is 2.67. The maximum absolute atomic E-state index is 6.60. The van der Waals surface area contributed by atoms with Gasteiger partial charge in [-0.2, -0.15) is 0 Å². The molecule has 0 radical (unpaired) electrons. The molecule has 54 heavy (non-hydrogen) atoms. The van der Waals surface area contributed by atoms with Crippen LogP contribution in [0.15, 0.2) is 24.3 Å². The predicted octanol–water partition coefficient (Wildman–Crippen LogP) is 16.9. The third-order valence-corrected chi connectivity index (χ3v) is 11.3. The minimum absolute atomic E-state index is 0.151. The van der Waals surface area contributed by atoms with Gasteiger partial charge < -0.3 is 9.47 Å². The van der Waals surface area contributed by atoms with Crippen LogP contribution in [0.3, 0.4) is 0 Å². The minimum atomic E-state index is 0.151. The van der Waals surface area contributed by atoms with Crippen molar-refractivity contribution in [3.05, 3.63) is 24.3 Å². The van der Waals surface area contributed by atoms with Crippen LogP contribution in [0.25, 0.3) is 0 Å². The van der Waals surface area contributed by atoms with E-state index in [1.807, 2.05) is 0 Å². The number of nitrogens with zero attached hydrogens (tertiary/aromatic N) is 1. The Morgan fingerprint density at radius 2 is 0.741 bits per heavy atom. The molecule has 0 aliphatic rings. The third-order valence-electron chi connectivity index (χ3n) is 11.3. The van der Waals surface area contributed by atoms with E-state index >= 15 is 0 Å². The summed E-state index contributed by atoms with van der Waals surface area (Å²) in [6, 6.07) is 0. The number of unbranched alkanes of at least 4 members (excludes halogenated alkanes) is 29. The first-order valence-electron chi connectivity index (χ1n) is 24.7. The summed E-state index contributed by atoms with van der Waals surface area (Å²) < 4.78 is 12.9. The topological polar surface area (TPSA) is 21.7 Å². The molecule has 0 fully saturated rings. The molecule has 0 saturated carbocycles. The van der Waals surface area contributed by atoms with E-state index in [1.54, 1.807) is 0 Å². The predicted molar refractivity (Wildman–Crippen MR) is 244 cm³/mol. The van der Waals surface area contributed by atoms with Crippen molar-refractivity contribution in [2.75, 3.05) is 32.9 Å². The van der Waals surface area contributed by atoms with Crippen molar-refractivity contribution < 1.29 is 9.47 Å². The zero-order chi connectivity index (χ0) is 39.5. The highest BCUT2D eigenvalue weighted by Crippen LogP contribution is 2.18. The molecule has 322 valence electrons. The normalized spacial score (nSPS) is 13.0. The van der Waals surface area contributed by atoms with Crippen molar-refractivity contribution in [1.29, 1.82) is 0 Å². The molecule has 0 amide bonds. The summed E-state index contributed by atoms with van der Waals surface area (Å²) in [6.07, 6.45) is 55.7. The van der Waals surface area contributed by atoms with Crippen LogP contribution < -0.4 is 0 Å². The molecule has 0 aromatic heterocycles. The van der Waals surface area contributed by atoms with Gasteiger partial charge in [0.05, 0.1) is 12.7 Å². The van der Waals surface area contributed by atoms with Gasteiger partial charge in [-0.1, -0.05) is 193 Å². The van der Waals surface area contributed by atoms with E-state index in [1.165, 1.54) is 225 Å². The molecule has 0 N–H and O–H groups in total. The van der Waals surface area contributed by atoms with Gasteiger partial charge >= 0.3 is 0 Å². The fourth-order valence-electron chi connectivity index (χ4n) is 7.45. The molecule has 3 nitrogen and oxygen atoms in total. The molecule has 0 saturated heterocycles. The van der Waals surface area contributed by atoms with Gasteiger partial charge in [-0.25, -0.2) is 0 Å². The standard InChI is InChI=1S/C51H101NO2/c1-7-10-13-16-19-21-23-25-27-29-31-33-35-37-40-43-46-53-49-50(48-52(51(4,5)6)45-42-39-18-15-12-9-3)54-47-44-41-38-36-34-32-30-28-26-24-22-20-17-14-11-8-2/h25-28,50H,7-24,29-49H2,1-6H3/b27-25-,28-26-. The van der Waals surface area contributed by atoms with Crippen molar-refractivity contribution in [3.63, 3.8) is 0 Å². The van der Waals surface area contributed by atoms with Crippen molar-refractivity contribution in [2.45, 2.75) is 271 Å². The van der Waals surface area contributed by atoms with Crippen LogP contribution in [0.4, 0.5) is 0 Å². The van der Waals surface area contributed by atoms with Gasteiger partial charge in [0.15, 0.2) is 0 Å². The van der Waals surface area contributed by atoms with Crippen LogP contribution in [0, 0.1) is 0 Å². The van der Waals surface area contributed by atoms with Crippen molar-refractivity contribution >= 4 is 0 Å². The zero-order valence-electron chi connectivity index (χ0n) is 38.2. The van der Waals surface area contributed by atoms with Gasteiger partial charge in [0.2, 0.25) is 0 Å². The van der Waals surface area contributed by atoms with Gasteiger partial charge in [-0.15, -0.1) is 0 Å². The lowest BCUT2D eigenvalue weighted by atomic mass is 10.0. The fourth-order valence-corrected chi connectivity index (χ4v) is 7.45. The van der Waals surface area contributed by atoms with Crippen LogP contribution in [0.1, 0.15) is 260 Å². The Kier molecular flexibility index (Phi) is 43.0.